The Bertz CT molecular complexity index is 934. The molecule has 0 radical (unpaired) electrons. The Hall–Kier alpha value is -3.14. The summed E-state index contributed by atoms with van der Waals surface area (Å²) >= 11 is 0. The van der Waals surface area contributed by atoms with E-state index < -0.39 is 42.3 Å². The quantitative estimate of drug-likeness (QED) is 0.124. The van der Waals surface area contributed by atoms with Crippen molar-refractivity contribution in [2.75, 3.05) is 6.61 Å². The van der Waals surface area contributed by atoms with E-state index in [1.165, 1.54) is 6.07 Å². The number of ether oxygens (including phenoxy) is 5. The Labute approximate surface area is 238 Å². The van der Waals surface area contributed by atoms with Crippen molar-refractivity contribution >= 4 is 24.1 Å². The molecule has 10 nitrogen and oxygen atoms in total. The Balaban J connectivity index is 2.84. The van der Waals surface area contributed by atoms with Gasteiger partial charge < -0.3 is 29.4 Å². The largest absolute Gasteiger partial charge is 0.508 e. The molecular formula is C30H47NO9. The van der Waals surface area contributed by atoms with E-state index in [1.54, 1.807) is 26.0 Å². The van der Waals surface area contributed by atoms with Crippen molar-refractivity contribution in [2.24, 2.45) is 5.73 Å². The van der Waals surface area contributed by atoms with Crippen molar-refractivity contribution in [3.63, 3.8) is 0 Å². The number of unbranched alkanes of at least 4 members (excludes halogenated alkanes) is 5. The molecule has 0 aliphatic heterocycles. The van der Waals surface area contributed by atoms with Crippen LogP contribution in [-0.4, -0.2) is 48.9 Å². The van der Waals surface area contributed by atoms with Gasteiger partial charge in [-0.2, -0.15) is 0 Å². The number of carbonyl (C=O) groups is 4. The predicted octanol–water partition coefficient (Wildman–Crippen LogP) is 5.80. The highest BCUT2D eigenvalue weighted by molar-refractivity contribution is 5.77. The molecule has 2 N–H and O–H groups in total. The van der Waals surface area contributed by atoms with Crippen LogP contribution in [0.5, 0.6) is 11.5 Å². The second kappa shape index (κ2) is 19.8. The second-order valence-corrected chi connectivity index (χ2v) is 9.87. The van der Waals surface area contributed by atoms with E-state index in [2.05, 4.69) is 0 Å². The van der Waals surface area contributed by atoms with Crippen molar-refractivity contribution in [3.8, 4) is 11.5 Å². The minimum absolute atomic E-state index is 0.0744. The summed E-state index contributed by atoms with van der Waals surface area (Å²) in [6, 6.07) is 3.68. The molecule has 0 fully saturated rings. The molecular weight excluding hydrogens is 518 g/mol. The molecule has 1 rings (SSSR count). The zero-order valence-electron chi connectivity index (χ0n) is 24.7. The Morgan fingerprint density at radius 1 is 0.750 bits per heavy atom. The summed E-state index contributed by atoms with van der Waals surface area (Å²) in [5.41, 5.74) is 6.69. The molecule has 226 valence electrons. The standard InChI is InChI=1S/C30H47NO9/c1-6-9-12-14-27(32)39-25-17-16-23(20-26(25)40-28(33)15-13-10-7-2)19-24(31)29(34)37-21(4)22(5)38-30(35)36-18-11-8-3/h16-17,20-22,24H,6-15,18-19,31H2,1-5H3/t21-,22?,24-/m0/s1. The summed E-state index contributed by atoms with van der Waals surface area (Å²) in [4.78, 5) is 49.1. The Morgan fingerprint density at radius 2 is 1.30 bits per heavy atom. The van der Waals surface area contributed by atoms with E-state index in [9.17, 15) is 19.2 Å². The lowest BCUT2D eigenvalue weighted by atomic mass is 10.1. The highest BCUT2D eigenvalue weighted by atomic mass is 16.7. The van der Waals surface area contributed by atoms with Gasteiger partial charge in [0.2, 0.25) is 0 Å². The highest BCUT2D eigenvalue weighted by Gasteiger charge is 2.25. The van der Waals surface area contributed by atoms with Gasteiger partial charge in [0.15, 0.2) is 11.5 Å². The van der Waals surface area contributed by atoms with Crippen LogP contribution in [0.4, 0.5) is 4.79 Å². The van der Waals surface area contributed by atoms with Gasteiger partial charge >= 0.3 is 24.1 Å². The fourth-order valence-electron chi connectivity index (χ4n) is 3.51. The topological polar surface area (TPSA) is 140 Å². The third-order valence-electron chi connectivity index (χ3n) is 6.15. The van der Waals surface area contributed by atoms with Crippen molar-refractivity contribution in [1.29, 1.82) is 0 Å². The summed E-state index contributed by atoms with van der Waals surface area (Å²) < 4.78 is 26.5. The van der Waals surface area contributed by atoms with Crippen LogP contribution < -0.4 is 15.2 Å². The number of esters is 3. The molecule has 1 aromatic rings. The minimum atomic E-state index is -1.04. The molecule has 3 atom stereocenters. The highest BCUT2D eigenvalue weighted by Crippen LogP contribution is 2.30. The van der Waals surface area contributed by atoms with E-state index in [4.69, 9.17) is 29.4 Å². The van der Waals surface area contributed by atoms with Gasteiger partial charge in [-0.1, -0.05) is 58.9 Å². The fraction of sp³-hybridized carbons (Fsp3) is 0.667. The van der Waals surface area contributed by atoms with Gasteiger partial charge in [-0.3, -0.25) is 14.4 Å². The summed E-state index contributed by atoms with van der Waals surface area (Å²) in [7, 11) is 0. The van der Waals surface area contributed by atoms with Crippen LogP contribution in [0.2, 0.25) is 0 Å². The van der Waals surface area contributed by atoms with Crippen molar-refractivity contribution in [1.82, 2.24) is 0 Å². The summed E-state index contributed by atoms with van der Waals surface area (Å²) in [6.07, 6.45) is 4.99. The van der Waals surface area contributed by atoms with E-state index >= 15 is 0 Å². The molecule has 0 aliphatic carbocycles. The molecule has 0 heterocycles. The lowest BCUT2D eigenvalue weighted by Gasteiger charge is -2.22. The summed E-state index contributed by atoms with van der Waals surface area (Å²) in [6.45, 7) is 9.50. The van der Waals surface area contributed by atoms with Gasteiger partial charge in [-0.25, -0.2) is 4.79 Å². The van der Waals surface area contributed by atoms with Crippen molar-refractivity contribution < 1.29 is 42.9 Å². The maximum absolute atomic E-state index is 12.6. The molecule has 40 heavy (non-hydrogen) atoms. The molecule has 0 spiro atoms. The van der Waals surface area contributed by atoms with Gasteiger partial charge in [0.1, 0.15) is 18.2 Å². The van der Waals surface area contributed by atoms with Crippen LogP contribution in [-0.2, 0) is 35.0 Å². The first-order chi connectivity index (χ1) is 19.1. The normalized spacial score (nSPS) is 13.1. The Kier molecular flexibility index (Phi) is 17.3. The molecule has 0 bridgehead atoms. The first kappa shape index (κ1) is 34.9. The van der Waals surface area contributed by atoms with Gasteiger partial charge in [0.25, 0.3) is 0 Å². The van der Waals surface area contributed by atoms with Crippen molar-refractivity contribution in [3.05, 3.63) is 23.8 Å². The SMILES string of the molecule is CCCCCC(=O)Oc1ccc(C[C@H](N)C(=O)O[C@@H](C)C(C)OC(=O)OCCCC)cc1OC(=O)CCCCC. The second-order valence-electron chi connectivity index (χ2n) is 9.87. The fourth-order valence-corrected chi connectivity index (χ4v) is 3.51. The smallest absolute Gasteiger partial charge is 0.458 e. The van der Waals surface area contributed by atoms with Gasteiger partial charge in [0.05, 0.1) is 6.61 Å². The van der Waals surface area contributed by atoms with Crippen LogP contribution in [0.3, 0.4) is 0 Å². The number of carbonyl (C=O) groups excluding carboxylic acids is 4. The zero-order chi connectivity index (χ0) is 29.9. The lowest BCUT2D eigenvalue weighted by Crippen LogP contribution is -2.39. The van der Waals surface area contributed by atoms with Crippen LogP contribution in [0, 0.1) is 0 Å². The molecule has 1 unspecified atom stereocenters. The van der Waals surface area contributed by atoms with Crippen LogP contribution in [0.25, 0.3) is 0 Å². The average molecular weight is 566 g/mol. The summed E-state index contributed by atoms with van der Waals surface area (Å²) in [5, 5.41) is 0. The van der Waals surface area contributed by atoms with Gasteiger partial charge in [0, 0.05) is 12.8 Å². The van der Waals surface area contributed by atoms with E-state index in [-0.39, 0.29) is 37.4 Å². The first-order valence-electron chi connectivity index (χ1n) is 14.4. The molecule has 10 heteroatoms. The maximum Gasteiger partial charge on any atom is 0.508 e. The van der Waals surface area contributed by atoms with Crippen LogP contribution >= 0.6 is 0 Å². The van der Waals surface area contributed by atoms with Gasteiger partial charge in [-0.05, 0) is 57.2 Å². The third kappa shape index (κ3) is 14.3. The monoisotopic (exact) mass is 565 g/mol. The average Bonchev–Trinajstić information content (AvgIpc) is 2.90. The van der Waals surface area contributed by atoms with Gasteiger partial charge in [-0.15, -0.1) is 0 Å². The maximum atomic E-state index is 12.6. The molecule has 0 aromatic heterocycles. The zero-order valence-corrected chi connectivity index (χ0v) is 24.7. The van der Waals surface area contributed by atoms with E-state index in [1.807, 2.05) is 20.8 Å². The number of rotatable bonds is 19. The van der Waals surface area contributed by atoms with Crippen LogP contribution in [0.1, 0.15) is 104 Å². The number of nitrogens with two attached hydrogens (primary N) is 1. The number of hydrogen-bond acceptors (Lipinski definition) is 10. The molecule has 0 amide bonds. The first-order valence-corrected chi connectivity index (χ1v) is 14.4. The molecule has 0 aliphatic rings. The molecule has 0 saturated heterocycles. The van der Waals surface area contributed by atoms with Crippen LogP contribution in [0.15, 0.2) is 18.2 Å². The van der Waals surface area contributed by atoms with E-state index in [0.717, 1.165) is 38.5 Å². The molecule has 0 saturated carbocycles. The van der Waals surface area contributed by atoms with E-state index in [0.29, 0.717) is 18.4 Å². The predicted molar refractivity (Wildman–Crippen MR) is 150 cm³/mol. The number of benzene rings is 1. The number of hydrogen-bond donors (Lipinski definition) is 1. The minimum Gasteiger partial charge on any atom is -0.458 e. The third-order valence-corrected chi connectivity index (χ3v) is 6.15. The summed E-state index contributed by atoms with van der Waals surface area (Å²) in [5.74, 6) is -1.30. The van der Waals surface area contributed by atoms with Crippen molar-refractivity contribution in [2.45, 2.75) is 123 Å². The molecule has 1 aromatic carbocycles. The lowest BCUT2D eigenvalue weighted by molar-refractivity contribution is -0.155. The Morgan fingerprint density at radius 3 is 1.88 bits per heavy atom.